The molecule has 2 rings (SSSR count). The van der Waals surface area contributed by atoms with Gasteiger partial charge in [0.2, 0.25) is 15.8 Å². The maximum atomic E-state index is 12.5. The van der Waals surface area contributed by atoms with Crippen molar-refractivity contribution < 1.29 is 22.7 Å². The van der Waals surface area contributed by atoms with Crippen molar-refractivity contribution in [2.45, 2.75) is 4.90 Å². The second-order valence-electron chi connectivity index (χ2n) is 4.44. The molecule has 1 aliphatic heterocycles. The van der Waals surface area contributed by atoms with Gasteiger partial charge in [-0.2, -0.15) is 4.31 Å². The molecule has 0 bridgehead atoms. The zero-order valence-corrected chi connectivity index (χ0v) is 13.4. The first-order chi connectivity index (χ1) is 9.86. The summed E-state index contributed by atoms with van der Waals surface area (Å²) in [4.78, 5) is 12.6. The van der Waals surface area contributed by atoms with Crippen molar-refractivity contribution in [2.24, 2.45) is 0 Å². The summed E-state index contributed by atoms with van der Waals surface area (Å²) in [6.45, 7) is 2.13. The fraction of sp³-hybridized carbons (Fsp3) is 0.417. The molecule has 1 aliphatic rings. The molecule has 0 atom stereocenters. The minimum absolute atomic E-state index is 0.106. The smallest absolute Gasteiger partial charge is 0.371 e. The van der Waals surface area contributed by atoms with E-state index in [1.54, 1.807) is 0 Å². The molecule has 0 spiro atoms. The molecule has 114 valence electrons. The zero-order valence-electron chi connectivity index (χ0n) is 11.0. The average Bonchev–Trinajstić information content (AvgIpc) is 2.83. The van der Waals surface area contributed by atoms with Crippen LogP contribution in [0.3, 0.4) is 0 Å². The summed E-state index contributed by atoms with van der Waals surface area (Å²) in [5.41, 5.74) is 0. The van der Waals surface area contributed by atoms with Crippen LogP contribution in [0.5, 0.6) is 0 Å². The van der Waals surface area contributed by atoms with E-state index in [-0.39, 0.29) is 9.56 Å². The predicted octanol–water partition coefficient (Wildman–Crippen LogP) is 0.680. The number of halogens is 1. The third-order valence-corrected chi connectivity index (χ3v) is 5.89. The van der Waals surface area contributed by atoms with E-state index in [9.17, 15) is 13.2 Å². The van der Waals surface area contributed by atoms with Crippen LogP contribution >= 0.6 is 15.9 Å². The summed E-state index contributed by atoms with van der Waals surface area (Å²) in [5.74, 6) is 0.770. The quantitative estimate of drug-likeness (QED) is 0.777. The second kappa shape index (κ2) is 6.19. The number of nitrogens with zero attached hydrogens (tertiary/aromatic N) is 2. The molecule has 2 heterocycles. The first-order valence-corrected chi connectivity index (χ1v) is 8.28. The Balaban J connectivity index is 2.20. The van der Waals surface area contributed by atoms with Crippen LogP contribution in [0.1, 0.15) is 10.6 Å². The molecule has 1 fully saturated rings. The van der Waals surface area contributed by atoms with E-state index in [2.05, 4.69) is 21.9 Å². The minimum Gasteiger partial charge on any atom is -0.475 e. The van der Waals surface area contributed by atoms with Gasteiger partial charge in [-0.1, -0.05) is 5.92 Å². The van der Waals surface area contributed by atoms with Crippen LogP contribution in [-0.2, 0) is 10.0 Å². The van der Waals surface area contributed by atoms with Gasteiger partial charge in [-0.25, -0.2) is 13.2 Å². The molecule has 1 saturated heterocycles. The van der Waals surface area contributed by atoms with Gasteiger partial charge in [0.25, 0.3) is 0 Å². The number of aromatic carboxylic acids is 1. The molecule has 1 N–H and O–H groups in total. The van der Waals surface area contributed by atoms with Gasteiger partial charge in [-0.3, -0.25) is 4.90 Å². The van der Waals surface area contributed by atoms with Gasteiger partial charge >= 0.3 is 5.97 Å². The number of furan rings is 1. The molecular formula is C12H13BrN2O5S. The minimum atomic E-state index is -3.79. The van der Waals surface area contributed by atoms with Crippen molar-refractivity contribution in [1.82, 2.24) is 9.21 Å². The molecule has 0 unspecified atom stereocenters. The Morgan fingerprint density at radius 1 is 1.43 bits per heavy atom. The summed E-state index contributed by atoms with van der Waals surface area (Å²) >= 11 is 2.95. The topological polar surface area (TPSA) is 91.1 Å². The van der Waals surface area contributed by atoms with Gasteiger partial charge in [-0.15, -0.1) is 6.42 Å². The maximum absolute atomic E-state index is 12.5. The fourth-order valence-corrected chi connectivity index (χ4v) is 4.35. The van der Waals surface area contributed by atoms with Crippen molar-refractivity contribution in [3.8, 4) is 12.3 Å². The number of hydrogen-bond acceptors (Lipinski definition) is 5. The number of sulfonamides is 1. The molecule has 7 nitrogen and oxygen atoms in total. The Kier molecular flexibility index (Phi) is 4.73. The molecule has 9 heteroatoms. The molecule has 0 saturated carbocycles. The Hall–Kier alpha value is -1.34. The van der Waals surface area contributed by atoms with Crippen molar-refractivity contribution in [3.05, 3.63) is 16.5 Å². The van der Waals surface area contributed by atoms with Crippen LogP contribution < -0.4 is 0 Å². The van der Waals surface area contributed by atoms with Gasteiger partial charge < -0.3 is 9.52 Å². The first-order valence-electron chi connectivity index (χ1n) is 6.05. The van der Waals surface area contributed by atoms with Crippen molar-refractivity contribution in [3.63, 3.8) is 0 Å². The maximum Gasteiger partial charge on any atom is 0.371 e. The summed E-state index contributed by atoms with van der Waals surface area (Å²) in [5, 5.41) is 8.84. The standard InChI is InChI=1S/C12H13BrN2O5S/c1-2-3-14-4-6-15(7-5-14)21(18,19)10-8-9(12(16)17)20-11(10)13/h1,8H,3-7H2,(H,16,17). The van der Waals surface area contributed by atoms with Gasteiger partial charge in [-0.05, 0) is 15.9 Å². The number of rotatable bonds is 4. The van der Waals surface area contributed by atoms with Crippen LogP contribution in [0.15, 0.2) is 20.0 Å². The van der Waals surface area contributed by atoms with E-state index in [1.807, 2.05) is 4.90 Å². The van der Waals surface area contributed by atoms with Gasteiger partial charge in [0.05, 0.1) is 6.54 Å². The Morgan fingerprint density at radius 2 is 2.05 bits per heavy atom. The van der Waals surface area contributed by atoms with E-state index in [1.165, 1.54) is 4.31 Å². The monoisotopic (exact) mass is 376 g/mol. The number of piperazine rings is 1. The Bertz CT molecular complexity index is 683. The summed E-state index contributed by atoms with van der Waals surface area (Å²) in [7, 11) is -3.79. The number of hydrogen-bond donors (Lipinski definition) is 1. The van der Waals surface area contributed by atoms with Crippen LogP contribution in [-0.4, -0.2) is 61.4 Å². The van der Waals surface area contributed by atoms with Crippen LogP contribution in [0.4, 0.5) is 0 Å². The number of terminal acetylenes is 1. The molecule has 0 amide bonds. The fourth-order valence-electron chi connectivity index (χ4n) is 2.03. The molecule has 0 radical (unpaired) electrons. The molecule has 0 aromatic carbocycles. The third kappa shape index (κ3) is 3.29. The van der Waals surface area contributed by atoms with Crippen molar-refractivity contribution in [1.29, 1.82) is 0 Å². The summed E-state index contributed by atoms with van der Waals surface area (Å²) in [6, 6.07) is 1.01. The number of carboxylic acids is 1. The SMILES string of the molecule is C#CCN1CCN(S(=O)(=O)c2cc(C(=O)O)oc2Br)CC1. The molecule has 0 aliphatic carbocycles. The third-order valence-electron chi connectivity index (χ3n) is 3.13. The highest BCUT2D eigenvalue weighted by Crippen LogP contribution is 2.29. The van der Waals surface area contributed by atoms with E-state index in [4.69, 9.17) is 15.9 Å². The van der Waals surface area contributed by atoms with E-state index in [0.29, 0.717) is 32.7 Å². The van der Waals surface area contributed by atoms with E-state index in [0.717, 1.165) is 6.07 Å². The summed E-state index contributed by atoms with van der Waals surface area (Å²) < 4.78 is 31.1. The summed E-state index contributed by atoms with van der Waals surface area (Å²) in [6.07, 6.45) is 5.22. The number of carbonyl (C=O) groups is 1. The lowest BCUT2D eigenvalue weighted by Crippen LogP contribution is -2.48. The van der Waals surface area contributed by atoms with E-state index >= 15 is 0 Å². The lowest BCUT2D eigenvalue weighted by Gasteiger charge is -2.32. The normalized spacial score (nSPS) is 17.5. The first kappa shape index (κ1) is 16.0. The zero-order chi connectivity index (χ0) is 15.6. The average molecular weight is 377 g/mol. The lowest BCUT2D eigenvalue weighted by atomic mass is 10.4. The molecule has 1 aromatic rings. The molecule has 1 aromatic heterocycles. The molecular weight excluding hydrogens is 364 g/mol. The number of carboxylic acid groups (broad SMARTS) is 1. The highest BCUT2D eigenvalue weighted by Gasteiger charge is 2.32. The second-order valence-corrected chi connectivity index (χ2v) is 7.06. The van der Waals surface area contributed by atoms with Crippen molar-refractivity contribution >= 4 is 31.9 Å². The van der Waals surface area contributed by atoms with Gasteiger partial charge in [0, 0.05) is 32.2 Å². The van der Waals surface area contributed by atoms with Crippen LogP contribution in [0.2, 0.25) is 0 Å². The Labute approximate surface area is 130 Å². The van der Waals surface area contributed by atoms with Crippen LogP contribution in [0.25, 0.3) is 0 Å². The molecule has 21 heavy (non-hydrogen) atoms. The highest BCUT2D eigenvalue weighted by atomic mass is 79.9. The van der Waals surface area contributed by atoms with Crippen molar-refractivity contribution in [2.75, 3.05) is 32.7 Å². The largest absolute Gasteiger partial charge is 0.475 e. The Morgan fingerprint density at radius 3 is 2.52 bits per heavy atom. The predicted molar refractivity (Wildman–Crippen MR) is 77.4 cm³/mol. The van der Waals surface area contributed by atoms with Gasteiger partial charge in [0.15, 0.2) is 4.67 Å². The lowest BCUT2D eigenvalue weighted by molar-refractivity contribution is 0.0661. The van der Waals surface area contributed by atoms with Crippen LogP contribution in [0, 0.1) is 12.3 Å². The highest BCUT2D eigenvalue weighted by molar-refractivity contribution is 9.10. The van der Waals surface area contributed by atoms with E-state index < -0.39 is 21.8 Å². The van der Waals surface area contributed by atoms with Gasteiger partial charge in [0.1, 0.15) is 4.90 Å².